The second-order valence-corrected chi connectivity index (χ2v) is 7.71. The second kappa shape index (κ2) is 8.67. The lowest BCUT2D eigenvalue weighted by Crippen LogP contribution is -2.29. The van der Waals surface area contributed by atoms with Crippen LogP contribution < -0.4 is 26.2 Å². The normalized spacial score (nSPS) is 13.5. The summed E-state index contributed by atoms with van der Waals surface area (Å²) in [5, 5.41) is 0. The van der Waals surface area contributed by atoms with Crippen molar-refractivity contribution in [3.05, 3.63) is 59.1 Å². The maximum absolute atomic E-state index is 12.1. The van der Waals surface area contributed by atoms with Crippen LogP contribution in [0.1, 0.15) is 41.2 Å². The number of aromatic nitrogens is 2. The minimum absolute atomic E-state index is 0.0954. The molecule has 1 aromatic carbocycles. The molecule has 0 unspecified atom stereocenters. The average Bonchev–Trinajstić information content (AvgIpc) is 3.38. The van der Waals surface area contributed by atoms with Crippen LogP contribution in [0, 0.1) is 6.92 Å². The molecule has 0 atom stereocenters. The number of nitrogens with one attached hydrogen (secondary N) is 2. The highest BCUT2D eigenvalue weighted by Crippen LogP contribution is 2.30. The number of oxazole rings is 1. The molecule has 1 aliphatic rings. The van der Waals surface area contributed by atoms with Gasteiger partial charge in [-0.1, -0.05) is 6.07 Å². The van der Waals surface area contributed by atoms with E-state index in [1.54, 1.807) is 30.5 Å². The van der Waals surface area contributed by atoms with Crippen molar-refractivity contribution in [3.63, 3.8) is 0 Å². The van der Waals surface area contributed by atoms with Crippen LogP contribution in [-0.4, -0.2) is 34.7 Å². The molecule has 3 heterocycles. The Morgan fingerprint density at radius 1 is 1.31 bits per heavy atom. The van der Waals surface area contributed by atoms with E-state index in [0.717, 1.165) is 11.1 Å². The summed E-state index contributed by atoms with van der Waals surface area (Å²) in [5.41, 5.74) is 13.7. The van der Waals surface area contributed by atoms with Crippen LogP contribution in [0.25, 0.3) is 11.3 Å². The number of nitrogens with two attached hydrogens (primary N) is 1. The number of hydrogen-bond donors (Lipinski definition) is 3. The summed E-state index contributed by atoms with van der Waals surface area (Å²) in [4.78, 5) is 33.9. The number of amides is 3. The fourth-order valence-electron chi connectivity index (χ4n) is 3.30. The zero-order chi connectivity index (χ0) is 22.8. The van der Waals surface area contributed by atoms with Crippen LogP contribution >= 0.6 is 0 Å². The molecule has 1 fully saturated rings. The lowest BCUT2D eigenvalue weighted by atomic mass is 10.0. The third kappa shape index (κ3) is 4.54. The lowest BCUT2D eigenvalue weighted by Gasteiger charge is -2.16. The van der Waals surface area contributed by atoms with Crippen molar-refractivity contribution in [1.82, 2.24) is 20.8 Å². The van der Waals surface area contributed by atoms with Gasteiger partial charge < -0.3 is 14.9 Å². The molecular formula is C22H24N6O4. The summed E-state index contributed by atoms with van der Waals surface area (Å²) >= 11 is 0. The topological polar surface area (TPSA) is 136 Å². The van der Waals surface area contributed by atoms with Crippen molar-refractivity contribution in [2.45, 2.75) is 33.3 Å². The summed E-state index contributed by atoms with van der Waals surface area (Å²) in [7, 11) is 0. The molecule has 3 amide bonds. The number of nitrogens with zero attached hydrogens (tertiary/aromatic N) is 3. The van der Waals surface area contributed by atoms with Crippen LogP contribution in [-0.2, 0) is 6.42 Å². The van der Waals surface area contributed by atoms with Gasteiger partial charge in [0.15, 0.2) is 11.7 Å². The van der Waals surface area contributed by atoms with Gasteiger partial charge in [-0.05, 0) is 50.1 Å². The van der Waals surface area contributed by atoms with E-state index >= 15 is 0 Å². The highest BCUT2D eigenvalue weighted by molar-refractivity contribution is 5.93. The van der Waals surface area contributed by atoms with Gasteiger partial charge >= 0.3 is 6.03 Å². The molecule has 1 aliphatic heterocycles. The highest BCUT2D eigenvalue weighted by atomic mass is 16.5. The molecule has 2 aromatic heterocycles. The van der Waals surface area contributed by atoms with E-state index in [9.17, 15) is 9.59 Å². The Labute approximate surface area is 184 Å². The summed E-state index contributed by atoms with van der Waals surface area (Å²) in [6, 6.07) is 8.46. The predicted molar refractivity (Wildman–Crippen MR) is 117 cm³/mol. The molecule has 4 N–H and O–H groups in total. The number of rotatable bonds is 7. The monoisotopic (exact) mass is 436 g/mol. The Hall–Kier alpha value is -3.92. The molecule has 166 valence electrons. The molecule has 0 spiro atoms. The number of carbonyl (C=O) groups excluding carboxylic acids is 2. The second-order valence-electron chi connectivity index (χ2n) is 7.71. The molecule has 0 bridgehead atoms. The number of carbonyl (C=O) groups is 2. The largest absolute Gasteiger partial charge is 0.475 e. The Kier molecular flexibility index (Phi) is 5.78. The third-order valence-electron chi connectivity index (χ3n) is 4.91. The average molecular weight is 436 g/mol. The van der Waals surface area contributed by atoms with E-state index in [-0.39, 0.29) is 18.8 Å². The molecule has 10 nitrogen and oxygen atoms in total. The first kappa shape index (κ1) is 21.3. The minimum Gasteiger partial charge on any atom is -0.475 e. The maximum atomic E-state index is 12.1. The van der Waals surface area contributed by atoms with Crippen molar-refractivity contribution in [3.8, 4) is 17.2 Å². The molecule has 32 heavy (non-hydrogen) atoms. The van der Waals surface area contributed by atoms with Crippen molar-refractivity contribution < 1.29 is 18.7 Å². The predicted octanol–water partition coefficient (Wildman–Crippen LogP) is 2.51. The molecular weight excluding hydrogens is 412 g/mol. The zero-order valence-electron chi connectivity index (χ0n) is 18.0. The van der Waals surface area contributed by atoms with Gasteiger partial charge in [0.05, 0.1) is 19.0 Å². The quantitative estimate of drug-likeness (QED) is 0.518. The number of pyridine rings is 1. The summed E-state index contributed by atoms with van der Waals surface area (Å²) in [5.74, 6) is 1.30. The van der Waals surface area contributed by atoms with Crippen molar-refractivity contribution in [2.24, 2.45) is 5.73 Å². The number of hydrazine groups is 1. The van der Waals surface area contributed by atoms with Crippen LogP contribution in [0.5, 0.6) is 5.88 Å². The van der Waals surface area contributed by atoms with Crippen LogP contribution in [0.2, 0.25) is 0 Å². The third-order valence-corrected chi connectivity index (χ3v) is 4.91. The SMILES string of the molecule is Cc1ccc(C(N)=O)cc1Cc1ncc(-c2cc(OC(C)C)nc(N3CNNC3=O)c2)o1. The molecule has 3 aromatic rings. The van der Waals surface area contributed by atoms with Gasteiger partial charge in [0, 0.05) is 23.6 Å². The van der Waals surface area contributed by atoms with Gasteiger partial charge in [0.1, 0.15) is 5.82 Å². The van der Waals surface area contributed by atoms with E-state index in [1.165, 1.54) is 4.90 Å². The first-order valence-corrected chi connectivity index (χ1v) is 10.1. The van der Waals surface area contributed by atoms with Gasteiger partial charge in [0.25, 0.3) is 0 Å². The smallest absolute Gasteiger partial charge is 0.338 e. The Bertz CT molecular complexity index is 1170. The first-order chi connectivity index (χ1) is 15.3. The molecule has 10 heteroatoms. The molecule has 0 saturated carbocycles. The molecule has 1 saturated heterocycles. The van der Waals surface area contributed by atoms with E-state index in [2.05, 4.69) is 20.8 Å². The molecule has 0 radical (unpaired) electrons. The standard InChI is InChI=1S/C22H24N6O4/c1-12(2)31-20-9-16(7-18(26-20)28-11-25-27-22(28)30)17-10-24-19(32-17)8-15-6-14(21(23)29)5-4-13(15)3/h4-7,9-10,12,25H,8,11H2,1-3H3,(H2,23,29)(H,27,30). The fourth-order valence-corrected chi connectivity index (χ4v) is 3.30. The van der Waals surface area contributed by atoms with Crippen LogP contribution in [0.3, 0.4) is 0 Å². The van der Waals surface area contributed by atoms with Gasteiger partial charge in [-0.3, -0.25) is 15.1 Å². The van der Waals surface area contributed by atoms with Crippen LogP contribution in [0.4, 0.5) is 10.6 Å². The van der Waals surface area contributed by atoms with Gasteiger partial charge in [-0.2, -0.15) is 4.98 Å². The number of anilines is 1. The van der Waals surface area contributed by atoms with Gasteiger partial charge in [-0.25, -0.2) is 15.2 Å². The molecule has 0 aliphatic carbocycles. The van der Waals surface area contributed by atoms with E-state index in [4.69, 9.17) is 14.9 Å². The number of primary amides is 1. The van der Waals surface area contributed by atoms with Gasteiger partial charge in [0.2, 0.25) is 11.8 Å². The van der Waals surface area contributed by atoms with Crippen molar-refractivity contribution >= 4 is 17.8 Å². The highest BCUT2D eigenvalue weighted by Gasteiger charge is 2.24. The number of aryl methyl sites for hydroxylation is 1. The summed E-state index contributed by atoms with van der Waals surface area (Å²) < 4.78 is 11.8. The zero-order valence-corrected chi connectivity index (χ0v) is 18.0. The number of hydrogen-bond acceptors (Lipinski definition) is 7. The maximum Gasteiger partial charge on any atom is 0.338 e. The number of benzene rings is 1. The summed E-state index contributed by atoms with van der Waals surface area (Å²) in [6.07, 6.45) is 1.92. The lowest BCUT2D eigenvalue weighted by molar-refractivity contribution is 0.1000. The van der Waals surface area contributed by atoms with Crippen molar-refractivity contribution in [1.29, 1.82) is 0 Å². The fraction of sp³-hybridized carbons (Fsp3) is 0.273. The van der Waals surface area contributed by atoms with E-state index in [0.29, 0.717) is 40.9 Å². The Morgan fingerprint density at radius 3 is 2.81 bits per heavy atom. The van der Waals surface area contributed by atoms with Crippen molar-refractivity contribution in [2.75, 3.05) is 11.6 Å². The van der Waals surface area contributed by atoms with Crippen LogP contribution in [0.15, 0.2) is 40.9 Å². The van der Waals surface area contributed by atoms with Gasteiger partial charge in [-0.15, -0.1) is 0 Å². The molecule has 4 rings (SSSR count). The minimum atomic E-state index is -0.484. The Balaban J connectivity index is 1.65. The summed E-state index contributed by atoms with van der Waals surface area (Å²) in [6.45, 7) is 6.01. The van der Waals surface area contributed by atoms with E-state index < -0.39 is 5.91 Å². The first-order valence-electron chi connectivity index (χ1n) is 10.1. The van der Waals surface area contributed by atoms with E-state index in [1.807, 2.05) is 26.8 Å². The number of ether oxygens (including phenoxy) is 1. The Morgan fingerprint density at radius 2 is 2.12 bits per heavy atom. The number of urea groups is 1.